The molecule has 3 heterocycles. The van der Waals surface area contributed by atoms with Crippen LogP contribution in [0.25, 0.3) is 0 Å². The number of allylic oxidation sites excluding steroid dienone is 1. The maximum Gasteiger partial charge on any atom is 0.162 e. The maximum absolute atomic E-state index is 8.92. The van der Waals surface area contributed by atoms with Crippen LogP contribution >= 0.6 is 0 Å². The molecule has 0 amide bonds. The zero-order valence-corrected chi connectivity index (χ0v) is 10.3. The Kier molecular flexibility index (Phi) is 3.34. The molecule has 2 aliphatic rings. The molecule has 1 fully saturated rings. The zero-order valence-electron chi connectivity index (χ0n) is 10.3. The van der Waals surface area contributed by atoms with Gasteiger partial charge in [0.2, 0.25) is 0 Å². The summed E-state index contributed by atoms with van der Waals surface area (Å²) in [6, 6.07) is 1.85. The fraction of sp³-hybridized carbons (Fsp3) is 0.615. The first kappa shape index (κ1) is 11.7. The van der Waals surface area contributed by atoms with E-state index in [1.807, 2.05) is 12.3 Å². The molecule has 2 aliphatic heterocycles. The molecule has 0 bridgehead atoms. The lowest BCUT2D eigenvalue weighted by Crippen LogP contribution is -2.48. The number of aromatic nitrogens is 1. The predicted octanol–water partition coefficient (Wildman–Crippen LogP) is 1.26. The summed E-state index contributed by atoms with van der Waals surface area (Å²) in [5.41, 5.74) is 0.958. The van der Waals surface area contributed by atoms with Gasteiger partial charge < -0.3 is 14.4 Å². The second-order valence-corrected chi connectivity index (χ2v) is 5.00. The zero-order chi connectivity index (χ0) is 12.4. The second kappa shape index (κ2) is 5.12. The Bertz CT molecular complexity index is 424. The van der Waals surface area contributed by atoms with Crippen molar-refractivity contribution in [3.05, 3.63) is 29.9 Å². The molecule has 98 valence electrons. The van der Waals surface area contributed by atoms with E-state index in [0.29, 0.717) is 17.8 Å². The molecule has 0 aliphatic carbocycles. The lowest BCUT2D eigenvalue weighted by Gasteiger charge is -2.40. The molecule has 5 heteroatoms. The van der Waals surface area contributed by atoms with E-state index in [1.165, 1.54) is 0 Å². The molecule has 1 N–H and O–H groups in total. The average molecular weight is 250 g/mol. The van der Waals surface area contributed by atoms with Gasteiger partial charge in [-0.3, -0.25) is 4.90 Å². The SMILES string of the molecule is OCc1cc(C2CN(CC3CCC=CO3)C2)no1. The van der Waals surface area contributed by atoms with Crippen molar-refractivity contribution in [2.24, 2.45) is 0 Å². The van der Waals surface area contributed by atoms with Crippen LogP contribution < -0.4 is 0 Å². The quantitative estimate of drug-likeness (QED) is 0.871. The third kappa shape index (κ3) is 2.42. The first-order valence-corrected chi connectivity index (χ1v) is 6.44. The van der Waals surface area contributed by atoms with Crippen LogP contribution in [0.4, 0.5) is 0 Å². The molecule has 1 aromatic rings. The first-order chi connectivity index (χ1) is 8.85. The molecular formula is C13H18N2O3. The predicted molar refractivity (Wildman–Crippen MR) is 64.9 cm³/mol. The third-order valence-electron chi connectivity index (χ3n) is 3.59. The Hall–Kier alpha value is -1.33. The van der Waals surface area contributed by atoms with Gasteiger partial charge in [0.15, 0.2) is 5.76 Å². The number of aliphatic hydroxyl groups excluding tert-OH is 1. The van der Waals surface area contributed by atoms with Gasteiger partial charge in [-0.2, -0.15) is 0 Å². The molecule has 0 aromatic carbocycles. The van der Waals surface area contributed by atoms with Crippen LogP contribution in [0.1, 0.15) is 30.2 Å². The van der Waals surface area contributed by atoms with Crippen LogP contribution in [0.2, 0.25) is 0 Å². The highest BCUT2D eigenvalue weighted by Crippen LogP contribution is 2.27. The summed E-state index contributed by atoms with van der Waals surface area (Å²) < 4.78 is 10.6. The molecule has 1 unspecified atom stereocenters. The number of likely N-dealkylation sites (tertiary alicyclic amines) is 1. The summed E-state index contributed by atoms with van der Waals surface area (Å²) in [5, 5.41) is 12.9. The summed E-state index contributed by atoms with van der Waals surface area (Å²) in [5.74, 6) is 0.984. The van der Waals surface area contributed by atoms with E-state index in [-0.39, 0.29) is 6.61 Å². The van der Waals surface area contributed by atoms with E-state index >= 15 is 0 Å². The summed E-state index contributed by atoms with van der Waals surface area (Å²) in [6.45, 7) is 2.92. The molecule has 0 spiro atoms. The fourth-order valence-electron chi connectivity index (χ4n) is 2.51. The molecule has 5 nitrogen and oxygen atoms in total. The van der Waals surface area contributed by atoms with Crippen molar-refractivity contribution in [2.45, 2.75) is 31.5 Å². The smallest absolute Gasteiger partial charge is 0.162 e. The van der Waals surface area contributed by atoms with E-state index in [1.54, 1.807) is 0 Å². The minimum Gasteiger partial charge on any atom is -0.497 e. The van der Waals surface area contributed by atoms with Crippen molar-refractivity contribution in [1.29, 1.82) is 0 Å². The van der Waals surface area contributed by atoms with E-state index in [9.17, 15) is 0 Å². The van der Waals surface area contributed by atoms with E-state index in [0.717, 1.165) is 38.2 Å². The van der Waals surface area contributed by atoms with Gasteiger partial charge in [-0.15, -0.1) is 0 Å². The van der Waals surface area contributed by atoms with Crippen molar-refractivity contribution in [3.8, 4) is 0 Å². The Labute approximate surface area is 106 Å². The average Bonchev–Trinajstić information content (AvgIpc) is 2.83. The molecule has 18 heavy (non-hydrogen) atoms. The highest BCUT2D eigenvalue weighted by Gasteiger charge is 2.32. The number of hydrogen-bond donors (Lipinski definition) is 1. The fourth-order valence-corrected chi connectivity index (χ4v) is 2.51. The summed E-state index contributed by atoms with van der Waals surface area (Å²) in [7, 11) is 0. The molecule has 0 saturated carbocycles. The van der Waals surface area contributed by atoms with Gasteiger partial charge >= 0.3 is 0 Å². The lowest BCUT2D eigenvalue weighted by atomic mass is 9.95. The van der Waals surface area contributed by atoms with Gasteiger partial charge in [-0.1, -0.05) is 5.16 Å². The van der Waals surface area contributed by atoms with Gasteiger partial charge in [0.05, 0.1) is 12.0 Å². The Balaban J connectivity index is 1.46. The summed E-state index contributed by atoms with van der Waals surface area (Å²) in [6.07, 6.45) is 6.44. The molecule has 3 rings (SSSR count). The minimum atomic E-state index is -0.0777. The van der Waals surface area contributed by atoms with Crippen molar-refractivity contribution in [2.75, 3.05) is 19.6 Å². The van der Waals surface area contributed by atoms with Crippen LogP contribution in [-0.2, 0) is 11.3 Å². The Morgan fingerprint density at radius 3 is 3.00 bits per heavy atom. The van der Waals surface area contributed by atoms with Crippen LogP contribution in [0.15, 0.2) is 22.9 Å². The Morgan fingerprint density at radius 1 is 1.44 bits per heavy atom. The summed E-state index contributed by atoms with van der Waals surface area (Å²) >= 11 is 0. The first-order valence-electron chi connectivity index (χ1n) is 6.44. The largest absolute Gasteiger partial charge is 0.497 e. The van der Waals surface area contributed by atoms with E-state index in [4.69, 9.17) is 14.4 Å². The second-order valence-electron chi connectivity index (χ2n) is 5.00. The van der Waals surface area contributed by atoms with Crippen LogP contribution in [-0.4, -0.2) is 40.9 Å². The number of rotatable bonds is 4. The molecule has 1 aromatic heterocycles. The highest BCUT2D eigenvalue weighted by molar-refractivity contribution is 5.14. The molecule has 1 saturated heterocycles. The number of nitrogens with zero attached hydrogens (tertiary/aromatic N) is 2. The lowest BCUT2D eigenvalue weighted by molar-refractivity contribution is 0.0427. The maximum atomic E-state index is 8.92. The number of ether oxygens (including phenoxy) is 1. The van der Waals surface area contributed by atoms with E-state index in [2.05, 4.69) is 16.1 Å². The molecular weight excluding hydrogens is 232 g/mol. The topological polar surface area (TPSA) is 58.7 Å². The normalized spacial score (nSPS) is 24.8. The van der Waals surface area contributed by atoms with Gasteiger partial charge in [-0.25, -0.2) is 0 Å². The third-order valence-corrected chi connectivity index (χ3v) is 3.59. The number of aliphatic hydroxyl groups is 1. The molecule has 0 radical (unpaired) electrons. The van der Waals surface area contributed by atoms with E-state index < -0.39 is 0 Å². The number of hydrogen-bond acceptors (Lipinski definition) is 5. The van der Waals surface area contributed by atoms with Gasteiger partial charge in [0, 0.05) is 31.6 Å². The van der Waals surface area contributed by atoms with Crippen LogP contribution in [0.5, 0.6) is 0 Å². The van der Waals surface area contributed by atoms with Gasteiger partial charge in [-0.05, 0) is 18.9 Å². The standard InChI is InChI=1S/C13H18N2O3/c16-9-12-5-13(14-18-12)10-6-15(7-10)8-11-3-1-2-4-17-11/h2,4-5,10-11,16H,1,3,6-9H2. The monoisotopic (exact) mass is 250 g/mol. The van der Waals surface area contributed by atoms with Crippen molar-refractivity contribution in [3.63, 3.8) is 0 Å². The molecule has 1 atom stereocenters. The highest BCUT2D eigenvalue weighted by atomic mass is 16.5. The van der Waals surface area contributed by atoms with Crippen molar-refractivity contribution in [1.82, 2.24) is 10.1 Å². The van der Waals surface area contributed by atoms with Gasteiger partial charge in [0.25, 0.3) is 0 Å². The minimum absolute atomic E-state index is 0.0777. The Morgan fingerprint density at radius 2 is 2.33 bits per heavy atom. The van der Waals surface area contributed by atoms with Crippen LogP contribution in [0, 0.1) is 0 Å². The van der Waals surface area contributed by atoms with Crippen molar-refractivity contribution >= 4 is 0 Å². The summed E-state index contributed by atoms with van der Waals surface area (Å²) in [4.78, 5) is 2.38. The van der Waals surface area contributed by atoms with Crippen molar-refractivity contribution < 1.29 is 14.4 Å². The van der Waals surface area contributed by atoms with Crippen LogP contribution in [0.3, 0.4) is 0 Å². The van der Waals surface area contributed by atoms with Gasteiger partial charge in [0.1, 0.15) is 12.7 Å².